The third-order valence-electron chi connectivity index (χ3n) is 3.28. The topological polar surface area (TPSA) is 26.0 Å². The molecule has 0 saturated carbocycles. The van der Waals surface area contributed by atoms with Crippen LogP contribution in [0, 0.1) is 5.41 Å². The molecule has 0 aromatic heterocycles. The fourth-order valence-corrected chi connectivity index (χ4v) is 2.35. The summed E-state index contributed by atoms with van der Waals surface area (Å²) < 4.78 is 0. The molecule has 0 fully saturated rings. The van der Waals surface area contributed by atoms with Gasteiger partial charge in [0, 0.05) is 5.02 Å². The van der Waals surface area contributed by atoms with Gasteiger partial charge in [-0.25, -0.2) is 0 Å². The van der Waals surface area contributed by atoms with Crippen LogP contribution in [0.1, 0.15) is 24.5 Å². The van der Waals surface area contributed by atoms with Crippen LogP contribution >= 0.6 is 11.6 Å². The highest BCUT2D eigenvalue weighted by Gasteiger charge is 2.28. The molecule has 1 aromatic carbocycles. The van der Waals surface area contributed by atoms with Crippen molar-refractivity contribution in [1.82, 2.24) is 0 Å². The van der Waals surface area contributed by atoms with E-state index in [1.165, 1.54) is 17.5 Å². The van der Waals surface area contributed by atoms with Crippen molar-refractivity contribution >= 4 is 11.6 Å². The lowest BCUT2D eigenvalue weighted by Gasteiger charge is -2.33. The Hall–Kier alpha value is -0.530. The van der Waals surface area contributed by atoms with Crippen molar-refractivity contribution in [2.45, 2.75) is 26.2 Å². The van der Waals surface area contributed by atoms with E-state index < -0.39 is 0 Å². The SMILES string of the molecule is CC1(CN)CCc2cc(Cl)ccc2C1. The first kappa shape index (κ1) is 10.0. The molecule has 1 nitrogen and oxygen atoms in total. The Labute approximate surface area is 90.3 Å². The van der Waals surface area contributed by atoms with E-state index in [2.05, 4.69) is 19.1 Å². The van der Waals surface area contributed by atoms with Crippen LogP contribution < -0.4 is 5.73 Å². The van der Waals surface area contributed by atoms with Crippen LogP contribution in [0.2, 0.25) is 5.02 Å². The van der Waals surface area contributed by atoms with E-state index in [0.717, 1.165) is 24.4 Å². The van der Waals surface area contributed by atoms with Crippen LogP contribution in [-0.2, 0) is 12.8 Å². The molecule has 0 saturated heterocycles. The van der Waals surface area contributed by atoms with Crippen molar-refractivity contribution < 1.29 is 0 Å². The first-order valence-corrected chi connectivity index (χ1v) is 5.48. The second-order valence-corrected chi connectivity index (χ2v) is 5.04. The van der Waals surface area contributed by atoms with Crippen LogP contribution in [-0.4, -0.2) is 6.54 Å². The zero-order valence-corrected chi connectivity index (χ0v) is 9.27. The number of nitrogens with two attached hydrogens (primary N) is 1. The highest BCUT2D eigenvalue weighted by Crippen LogP contribution is 2.35. The van der Waals surface area contributed by atoms with Gasteiger partial charge in [-0.2, -0.15) is 0 Å². The van der Waals surface area contributed by atoms with Gasteiger partial charge in [0.2, 0.25) is 0 Å². The molecule has 2 heteroatoms. The third kappa shape index (κ3) is 1.79. The monoisotopic (exact) mass is 209 g/mol. The van der Waals surface area contributed by atoms with Crippen molar-refractivity contribution in [2.75, 3.05) is 6.54 Å². The van der Waals surface area contributed by atoms with E-state index >= 15 is 0 Å². The highest BCUT2D eigenvalue weighted by molar-refractivity contribution is 6.30. The molecule has 0 radical (unpaired) electrons. The van der Waals surface area contributed by atoms with E-state index in [1.807, 2.05) is 6.07 Å². The lowest BCUT2D eigenvalue weighted by atomic mass is 9.73. The lowest BCUT2D eigenvalue weighted by molar-refractivity contribution is 0.290. The Morgan fingerprint density at radius 2 is 2.21 bits per heavy atom. The number of halogens is 1. The molecule has 2 rings (SSSR count). The standard InChI is InChI=1S/C12H16ClN/c1-12(8-14)5-4-9-6-11(13)3-2-10(9)7-12/h2-3,6H,4-5,7-8,14H2,1H3. The van der Waals surface area contributed by atoms with Crippen molar-refractivity contribution in [2.24, 2.45) is 11.1 Å². The summed E-state index contributed by atoms with van der Waals surface area (Å²) in [6.07, 6.45) is 3.39. The molecule has 0 bridgehead atoms. The van der Waals surface area contributed by atoms with Gasteiger partial charge in [-0.3, -0.25) is 0 Å². The van der Waals surface area contributed by atoms with E-state index in [-0.39, 0.29) is 0 Å². The molecule has 1 aromatic rings. The van der Waals surface area contributed by atoms with Crippen LogP contribution in [0.3, 0.4) is 0 Å². The van der Waals surface area contributed by atoms with Gasteiger partial charge in [-0.1, -0.05) is 24.6 Å². The maximum absolute atomic E-state index is 5.96. The maximum Gasteiger partial charge on any atom is 0.0408 e. The molecule has 1 aliphatic carbocycles. The molecule has 0 heterocycles. The number of aryl methyl sites for hydroxylation is 1. The number of rotatable bonds is 1. The van der Waals surface area contributed by atoms with Crippen LogP contribution in [0.4, 0.5) is 0 Å². The van der Waals surface area contributed by atoms with Crippen molar-refractivity contribution in [3.8, 4) is 0 Å². The van der Waals surface area contributed by atoms with E-state index in [1.54, 1.807) is 0 Å². The molecule has 0 amide bonds. The Bertz CT molecular complexity index is 348. The van der Waals surface area contributed by atoms with Crippen molar-refractivity contribution in [3.63, 3.8) is 0 Å². The summed E-state index contributed by atoms with van der Waals surface area (Å²) in [7, 11) is 0. The highest BCUT2D eigenvalue weighted by atomic mass is 35.5. The predicted octanol–water partition coefficient (Wildman–Crippen LogP) is 2.79. The number of benzene rings is 1. The van der Waals surface area contributed by atoms with Gasteiger partial charge in [0.15, 0.2) is 0 Å². The summed E-state index contributed by atoms with van der Waals surface area (Å²) >= 11 is 5.96. The maximum atomic E-state index is 5.96. The third-order valence-corrected chi connectivity index (χ3v) is 3.51. The van der Waals surface area contributed by atoms with Gasteiger partial charge >= 0.3 is 0 Å². The quantitative estimate of drug-likeness (QED) is 0.757. The summed E-state index contributed by atoms with van der Waals surface area (Å²) in [5, 5.41) is 0.847. The van der Waals surface area contributed by atoms with E-state index in [9.17, 15) is 0 Å². The summed E-state index contributed by atoms with van der Waals surface area (Å²) in [4.78, 5) is 0. The van der Waals surface area contributed by atoms with E-state index in [0.29, 0.717) is 5.41 Å². The molecular weight excluding hydrogens is 194 g/mol. The Kier molecular flexibility index (Phi) is 2.54. The van der Waals surface area contributed by atoms with Crippen molar-refractivity contribution in [3.05, 3.63) is 34.3 Å². The number of hydrogen-bond donors (Lipinski definition) is 1. The minimum Gasteiger partial charge on any atom is -0.330 e. The number of fused-ring (bicyclic) bond motifs is 1. The van der Waals surface area contributed by atoms with Crippen LogP contribution in [0.25, 0.3) is 0 Å². The van der Waals surface area contributed by atoms with Gasteiger partial charge in [-0.15, -0.1) is 0 Å². The largest absolute Gasteiger partial charge is 0.330 e. The second kappa shape index (κ2) is 3.56. The summed E-state index contributed by atoms with van der Waals surface area (Å²) in [5.74, 6) is 0. The van der Waals surface area contributed by atoms with Gasteiger partial charge in [0.25, 0.3) is 0 Å². The molecule has 1 aliphatic rings. The zero-order chi connectivity index (χ0) is 10.2. The molecular formula is C12H16ClN. The molecule has 0 aliphatic heterocycles. The van der Waals surface area contributed by atoms with Gasteiger partial charge in [0.1, 0.15) is 0 Å². The van der Waals surface area contributed by atoms with E-state index in [4.69, 9.17) is 17.3 Å². The van der Waals surface area contributed by atoms with Gasteiger partial charge in [0.05, 0.1) is 0 Å². The van der Waals surface area contributed by atoms with Gasteiger partial charge in [-0.05, 0) is 54.5 Å². The van der Waals surface area contributed by atoms with Crippen LogP contribution in [0.5, 0.6) is 0 Å². The van der Waals surface area contributed by atoms with Gasteiger partial charge < -0.3 is 5.73 Å². The Balaban J connectivity index is 2.31. The number of hydrogen-bond acceptors (Lipinski definition) is 1. The van der Waals surface area contributed by atoms with Crippen molar-refractivity contribution in [1.29, 1.82) is 0 Å². The smallest absolute Gasteiger partial charge is 0.0408 e. The normalized spacial score (nSPS) is 25.9. The molecule has 14 heavy (non-hydrogen) atoms. The minimum atomic E-state index is 0.292. The predicted molar refractivity (Wildman–Crippen MR) is 60.6 cm³/mol. The average molecular weight is 210 g/mol. The average Bonchev–Trinajstić information content (AvgIpc) is 2.19. The lowest BCUT2D eigenvalue weighted by Crippen LogP contribution is -2.33. The molecule has 2 N–H and O–H groups in total. The molecule has 1 atom stereocenters. The zero-order valence-electron chi connectivity index (χ0n) is 8.52. The summed E-state index contributed by atoms with van der Waals surface area (Å²) in [5.41, 5.74) is 8.92. The minimum absolute atomic E-state index is 0.292. The molecule has 1 unspecified atom stereocenters. The van der Waals surface area contributed by atoms with Crippen LogP contribution in [0.15, 0.2) is 18.2 Å². The Morgan fingerprint density at radius 1 is 1.43 bits per heavy atom. The first-order chi connectivity index (χ1) is 6.63. The fraction of sp³-hybridized carbons (Fsp3) is 0.500. The Morgan fingerprint density at radius 3 is 2.93 bits per heavy atom. The molecule has 76 valence electrons. The summed E-state index contributed by atoms with van der Waals surface area (Å²) in [6.45, 7) is 3.04. The summed E-state index contributed by atoms with van der Waals surface area (Å²) in [6, 6.07) is 6.21. The molecule has 0 spiro atoms. The first-order valence-electron chi connectivity index (χ1n) is 5.10. The second-order valence-electron chi connectivity index (χ2n) is 4.60. The fourth-order valence-electron chi connectivity index (χ4n) is 2.16.